The summed E-state index contributed by atoms with van der Waals surface area (Å²) < 4.78 is 32.3. The Morgan fingerprint density at radius 2 is 1.59 bits per heavy atom. The molecule has 0 atom stereocenters. The monoisotopic (exact) mass is 487 g/mol. The first-order valence-electron chi connectivity index (χ1n) is 9.55. The Balaban J connectivity index is 1.44. The van der Waals surface area contributed by atoms with Crippen LogP contribution in [0, 0.1) is 11.6 Å². The van der Waals surface area contributed by atoms with Gasteiger partial charge in [0.25, 0.3) is 5.91 Å². The number of thioether (sulfide) groups is 1. The van der Waals surface area contributed by atoms with Crippen molar-refractivity contribution in [2.45, 2.75) is 13.2 Å². The number of thiocarbonyl (C=S) groups is 1. The van der Waals surface area contributed by atoms with Gasteiger partial charge in [0.1, 0.15) is 28.3 Å². The molecule has 4 rings (SSSR count). The van der Waals surface area contributed by atoms with E-state index in [0.29, 0.717) is 20.0 Å². The summed E-state index contributed by atoms with van der Waals surface area (Å²) in [4.78, 5) is 14.8. The van der Waals surface area contributed by atoms with Gasteiger partial charge < -0.3 is 4.74 Å². The van der Waals surface area contributed by atoms with Gasteiger partial charge in [0, 0.05) is 0 Å². The van der Waals surface area contributed by atoms with Crippen molar-refractivity contribution in [1.29, 1.82) is 0 Å². The fraction of sp³-hybridized carbons (Fsp3) is 0.0833. The van der Waals surface area contributed by atoms with E-state index in [-0.39, 0.29) is 30.7 Å². The van der Waals surface area contributed by atoms with Crippen LogP contribution in [-0.2, 0) is 17.9 Å². The molecule has 32 heavy (non-hydrogen) atoms. The number of benzene rings is 3. The number of carbonyl (C=O) groups excluding carboxylic acids is 1. The van der Waals surface area contributed by atoms with Crippen LogP contribution in [0.15, 0.2) is 71.6 Å². The van der Waals surface area contributed by atoms with Crippen LogP contribution in [0.2, 0.25) is 5.02 Å². The molecule has 0 N–H and O–H groups in total. The molecule has 1 aliphatic rings. The van der Waals surface area contributed by atoms with E-state index in [1.165, 1.54) is 40.9 Å². The van der Waals surface area contributed by atoms with E-state index in [9.17, 15) is 13.6 Å². The van der Waals surface area contributed by atoms with Crippen LogP contribution in [0.5, 0.6) is 5.75 Å². The first-order valence-corrected chi connectivity index (χ1v) is 11.2. The summed E-state index contributed by atoms with van der Waals surface area (Å²) >= 11 is 12.9. The van der Waals surface area contributed by atoms with Crippen LogP contribution in [-0.4, -0.2) is 15.1 Å². The zero-order valence-corrected chi connectivity index (χ0v) is 18.9. The number of nitrogens with zero attached hydrogens (tertiary/aromatic N) is 1. The van der Waals surface area contributed by atoms with Crippen molar-refractivity contribution < 1.29 is 18.3 Å². The molecular weight excluding hydrogens is 472 g/mol. The Morgan fingerprint density at radius 3 is 2.22 bits per heavy atom. The van der Waals surface area contributed by atoms with Crippen LogP contribution in [0.1, 0.15) is 16.7 Å². The predicted molar refractivity (Wildman–Crippen MR) is 127 cm³/mol. The van der Waals surface area contributed by atoms with Gasteiger partial charge in [0.05, 0.1) is 16.5 Å². The van der Waals surface area contributed by atoms with Crippen molar-refractivity contribution in [1.82, 2.24) is 4.90 Å². The Hall–Kier alpha value is -2.74. The smallest absolute Gasteiger partial charge is 0.266 e. The molecule has 1 saturated heterocycles. The van der Waals surface area contributed by atoms with E-state index < -0.39 is 0 Å². The van der Waals surface area contributed by atoms with Crippen LogP contribution in [0.3, 0.4) is 0 Å². The molecule has 8 heteroatoms. The third-order valence-corrected chi connectivity index (χ3v) is 6.36. The van der Waals surface area contributed by atoms with Gasteiger partial charge in [0.15, 0.2) is 0 Å². The van der Waals surface area contributed by atoms with Crippen molar-refractivity contribution in [2.24, 2.45) is 0 Å². The normalized spacial score (nSPS) is 15.0. The number of hydrogen-bond donors (Lipinski definition) is 0. The number of hydrogen-bond acceptors (Lipinski definition) is 4. The third kappa shape index (κ3) is 5.35. The molecule has 0 aliphatic carbocycles. The van der Waals surface area contributed by atoms with Crippen molar-refractivity contribution in [3.8, 4) is 5.75 Å². The van der Waals surface area contributed by atoms with Gasteiger partial charge in [-0.05, 0) is 59.2 Å². The maximum Gasteiger partial charge on any atom is 0.266 e. The van der Waals surface area contributed by atoms with Crippen molar-refractivity contribution in [3.63, 3.8) is 0 Å². The second-order valence-electron chi connectivity index (χ2n) is 7.00. The minimum absolute atomic E-state index is 0.211. The number of rotatable bonds is 6. The second-order valence-corrected chi connectivity index (χ2v) is 9.08. The fourth-order valence-corrected chi connectivity index (χ4v) is 4.52. The predicted octanol–water partition coefficient (Wildman–Crippen LogP) is 6.60. The fourth-order valence-electron chi connectivity index (χ4n) is 3.03. The molecule has 0 unspecified atom stereocenters. The first-order chi connectivity index (χ1) is 15.4. The van der Waals surface area contributed by atoms with Gasteiger partial charge in [-0.2, -0.15) is 0 Å². The summed E-state index contributed by atoms with van der Waals surface area (Å²) in [6.07, 6.45) is 1.72. The Labute approximate surface area is 198 Å². The van der Waals surface area contributed by atoms with Crippen LogP contribution in [0.25, 0.3) is 6.08 Å². The summed E-state index contributed by atoms with van der Waals surface area (Å²) in [7, 11) is 0. The Morgan fingerprint density at radius 1 is 0.969 bits per heavy atom. The quantitative estimate of drug-likeness (QED) is 0.289. The first kappa shape index (κ1) is 22.5. The molecule has 1 fully saturated rings. The van der Waals surface area contributed by atoms with E-state index >= 15 is 0 Å². The third-order valence-electron chi connectivity index (χ3n) is 4.69. The second kappa shape index (κ2) is 9.81. The average Bonchev–Trinajstić information content (AvgIpc) is 3.03. The molecule has 0 spiro atoms. The molecule has 3 aromatic rings. The zero-order chi connectivity index (χ0) is 22.7. The summed E-state index contributed by atoms with van der Waals surface area (Å²) in [5.41, 5.74) is 2.33. The highest BCUT2D eigenvalue weighted by molar-refractivity contribution is 8.26. The van der Waals surface area contributed by atoms with Gasteiger partial charge in [-0.3, -0.25) is 9.69 Å². The highest BCUT2D eigenvalue weighted by atomic mass is 35.5. The SMILES string of the molecule is O=C1/C(=C/c2ccc(OCc3ccc(F)cc3)c(Cl)c2)SC(=S)N1Cc1ccc(F)cc1. The van der Waals surface area contributed by atoms with Crippen LogP contribution in [0.4, 0.5) is 8.78 Å². The molecule has 0 bridgehead atoms. The lowest BCUT2D eigenvalue weighted by Gasteiger charge is -2.14. The highest BCUT2D eigenvalue weighted by Crippen LogP contribution is 2.35. The summed E-state index contributed by atoms with van der Waals surface area (Å²) in [6, 6.07) is 17.2. The Kier molecular flexibility index (Phi) is 6.89. The van der Waals surface area contributed by atoms with Gasteiger partial charge in [-0.15, -0.1) is 0 Å². The molecule has 1 heterocycles. The zero-order valence-electron chi connectivity index (χ0n) is 16.6. The number of amides is 1. The lowest BCUT2D eigenvalue weighted by atomic mass is 10.2. The molecule has 3 nitrogen and oxygen atoms in total. The van der Waals surface area contributed by atoms with Gasteiger partial charge in [-0.25, -0.2) is 8.78 Å². The highest BCUT2D eigenvalue weighted by Gasteiger charge is 2.32. The lowest BCUT2D eigenvalue weighted by molar-refractivity contribution is -0.122. The number of carbonyl (C=O) groups is 1. The summed E-state index contributed by atoms with van der Waals surface area (Å²) in [5.74, 6) is -0.366. The molecule has 0 radical (unpaired) electrons. The molecule has 3 aromatic carbocycles. The van der Waals surface area contributed by atoms with E-state index in [1.54, 1.807) is 48.5 Å². The molecule has 1 amide bonds. The number of ether oxygens (including phenoxy) is 1. The molecular formula is C24H16ClF2NO2S2. The molecule has 162 valence electrons. The topological polar surface area (TPSA) is 29.5 Å². The van der Waals surface area contributed by atoms with Crippen molar-refractivity contribution in [3.05, 3.63) is 105 Å². The largest absolute Gasteiger partial charge is 0.487 e. The molecule has 0 aromatic heterocycles. The van der Waals surface area contributed by atoms with E-state index in [1.807, 2.05) is 0 Å². The minimum Gasteiger partial charge on any atom is -0.487 e. The summed E-state index contributed by atoms with van der Waals surface area (Å²) in [5, 5.41) is 0.391. The van der Waals surface area contributed by atoms with E-state index in [4.69, 9.17) is 28.6 Å². The Bertz CT molecular complexity index is 1200. The molecule has 1 aliphatic heterocycles. The van der Waals surface area contributed by atoms with E-state index in [2.05, 4.69) is 0 Å². The lowest BCUT2D eigenvalue weighted by Crippen LogP contribution is -2.27. The van der Waals surface area contributed by atoms with Gasteiger partial charge in [0.2, 0.25) is 0 Å². The van der Waals surface area contributed by atoms with Gasteiger partial charge in [-0.1, -0.05) is 65.9 Å². The summed E-state index contributed by atoms with van der Waals surface area (Å²) in [6.45, 7) is 0.528. The van der Waals surface area contributed by atoms with Crippen LogP contribution < -0.4 is 4.74 Å². The maximum absolute atomic E-state index is 13.1. The minimum atomic E-state index is -0.332. The van der Waals surface area contributed by atoms with Crippen molar-refractivity contribution in [2.75, 3.05) is 0 Å². The average molecular weight is 488 g/mol. The van der Waals surface area contributed by atoms with Gasteiger partial charge >= 0.3 is 0 Å². The standard InChI is InChI=1S/C24H16ClF2NO2S2/c25-20-11-17(5-10-21(20)30-14-16-3-8-19(27)9-4-16)12-22-23(29)28(24(31)32-22)13-15-1-6-18(26)7-2-15/h1-12H,13-14H2/b22-12-. The van der Waals surface area contributed by atoms with E-state index in [0.717, 1.165) is 16.7 Å². The molecule has 0 saturated carbocycles. The van der Waals surface area contributed by atoms with Crippen molar-refractivity contribution >= 4 is 51.9 Å². The van der Waals surface area contributed by atoms with Crippen LogP contribution >= 0.6 is 35.6 Å². The number of halogens is 3. The maximum atomic E-state index is 13.1.